The molecule has 2 heterocycles. The zero-order valence-corrected chi connectivity index (χ0v) is 12.8. The van der Waals surface area contributed by atoms with Crippen LogP contribution in [0.3, 0.4) is 0 Å². The number of nitrogens with zero attached hydrogens (tertiary/aromatic N) is 2. The smallest absolute Gasteiger partial charge is 0.0803 e. The Kier molecular flexibility index (Phi) is 6.20. The van der Waals surface area contributed by atoms with Crippen LogP contribution in [-0.4, -0.2) is 29.3 Å². The van der Waals surface area contributed by atoms with E-state index < -0.39 is 0 Å². The topological polar surface area (TPSA) is 47.0 Å². The summed E-state index contributed by atoms with van der Waals surface area (Å²) in [5, 5.41) is 8.01. The van der Waals surface area contributed by atoms with E-state index in [1.807, 2.05) is 0 Å². The van der Waals surface area contributed by atoms with Crippen molar-refractivity contribution in [2.24, 2.45) is 5.92 Å². The molecule has 108 valence electrons. The quantitative estimate of drug-likeness (QED) is 0.836. The molecule has 1 fully saturated rings. The lowest BCUT2D eigenvalue weighted by Crippen LogP contribution is -2.34. The first-order chi connectivity index (χ1) is 9.36. The SMILES string of the molecule is CCCNC(c1snnc1CCC)C1CCCOC1. The van der Waals surface area contributed by atoms with E-state index in [0.29, 0.717) is 12.0 Å². The van der Waals surface area contributed by atoms with Crippen LogP contribution in [0.5, 0.6) is 0 Å². The van der Waals surface area contributed by atoms with Gasteiger partial charge < -0.3 is 10.1 Å². The van der Waals surface area contributed by atoms with Gasteiger partial charge in [-0.3, -0.25) is 0 Å². The van der Waals surface area contributed by atoms with Gasteiger partial charge in [0.05, 0.1) is 23.2 Å². The van der Waals surface area contributed by atoms with Crippen LogP contribution in [0, 0.1) is 5.92 Å². The van der Waals surface area contributed by atoms with E-state index in [9.17, 15) is 0 Å². The molecule has 0 amide bonds. The molecule has 1 aromatic heterocycles. The molecule has 0 saturated carbocycles. The lowest BCUT2D eigenvalue weighted by molar-refractivity contribution is 0.0394. The number of aryl methyl sites for hydroxylation is 1. The molecule has 1 saturated heterocycles. The van der Waals surface area contributed by atoms with Gasteiger partial charge in [0.1, 0.15) is 0 Å². The highest BCUT2D eigenvalue weighted by atomic mass is 32.1. The second-order valence-corrected chi connectivity index (χ2v) is 6.03. The van der Waals surface area contributed by atoms with Crippen molar-refractivity contribution >= 4 is 11.5 Å². The molecule has 1 aliphatic rings. The lowest BCUT2D eigenvalue weighted by Gasteiger charge is -2.30. The summed E-state index contributed by atoms with van der Waals surface area (Å²) in [5.41, 5.74) is 1.19. The summed E-state index contributed by atoms with van der Waals surface area (Å²) in [6.07, 6.45) is 5.72. The lowest BCUT2D eigenvalue weighted by atomic mass is 9.91. The van der Waals surface area contributed by atoms with Crippen LogP contribution in [0.2, 0.25) is 0 Å². The Bertz CT molecular complexity index is 363. The van der Waals surface area contributed by atoms with E-state index in [2.05, 4.69) is 28.8 Å². The minimum absolute atomic E-state index is 0.377. The predicted molar refractivity (Wildman–Crippen MR) is 78.5 cm³/mol. The summed E-state index contributed by atoms with van der Waals surface area (Å²) in [7, 11) is 0. The van der Waals surface area contributed by atoms with Crippen molar-refractivity contribution in [1.29, 1.82) is 0 Å². The van der Waals surface area contributed by atoms with Gasteiger partial charge >= 0.3 is 0 Å². The molecule has 19 heavy (non-hydrogen) atoms. The molecule has 0 radical (unpaired) electrons. The first-order valence-corrected chi connectivity index (χ1v) is 8.26. The Morgan fingerprint density at radius 1 is 1.42 bits per heavy atom. The van der Waals surface area contributed by atoms with Crippen molar-refractivity contribution in [1.82, 2.24) is 14.9 Å². The molecule has 2 unspecified atom stereocenters. The van der Waals surface area contributed by atoms with Crippen molar-refractivity contribution in [3.05, 3.63) is 10.6 Å². The molecule has 1 aliphatic heterocycles. The van der Waals surface area contributed by atoms with Gasteiger partial charge in [0.15, 0.2) is 0 Å². The zero-order valence-electron chi connectivity index (χ0n) is 12.0. The Hall–Kier alpha value is -0.520. The van der Waals surface area contributed by atoms with Crippen LogP contribution in [0.4, 0.5) is 0 Å². The third kappa shape index (κ3) is 3.97. The van der Waals surface area contributed by atoms with Crippen LogP contribution in [0.15, 0.2) is 0 Å². The fraction of sp³-hybridized carbons (Fsp3) is 0.857. The van der Waals surface area contributed by atoms with Gasteiger partial charge in [0.25, 0.3) is 0 Å². The Labute approximate surface area is 120 Å². The molecular formula is C14H25N3OS. The normalized spacial score (nSPS) is 21.5. The van der Waals surface area contributed by atoms with Crippen molar-refractivity contribution in [2.75, 3.05) is 19.8 Å². The molecule has 0 aromatic carbocycles. The van der Waals surface area contributed by atoms with Gasteiger partial charge in [-0.2, -0.15) is 0 Å². The molecule has 4 nitrogen and oxygen atoms in total. The summed E-state index contributed by atoms with van der Waals surface area (Å²) >= 11 is 1.56. The third-order valence-electron chi connectivity index (χ3n) is 3.64. The average Bonchev–Trinajstić information content (AvgIpc) is 2.89. The largest absolute Gasteiger partial charge is 0.381 e. The van der Waals surface area contributed by atoms with Crippen LogP contribution in [0.1, 0.15) is 56.1 Å². The van der Waals surface area contributed by atoms with Crippen LogP contribution < -0.4 is 5.32 Å². The molecule has 0 aliphatic carbocycles. The standard InChI is InChI=1S/C14H25N3OS/c1-3-6-12-14(19-17-16-12)13(15-8-4-2)11-7-5-9-18-10-11/h11,13,15H,3-10H2,1-2H3. The molecule has 0 bridgehead atoms. The Morgan fingerprint density at radius 3 is 3.00 bits per heavy atom. The van der Waals surface area contributed by atoms with E-state index in [-0.39, 0.29) is 0 Å². The number of hydrogen-bond acceptors (Lipinski definition) is 5. The second kappa shape index (κ2) is 7.92. The minimum Gasteiger partial charge on any atom is -0.381 e. The van der Waals surface area contributed by atoms with Crippen molar-refractivity contribution in [3.8, 4) is 0 Å². The number of hydrogen-bond donors (Lipinski definition) is 1. The molecule has 1 N–H and O–H groups in total. The number of rotatable bonds is 7. The second-order valence-electron chi connectivity index (χ2n) is 5.24. The fourth-order valence-electron chi connectivity index (χ4n) is 2.66. The van der Waals surface area contributed by atoms with E-state index in [0.717, 1.165) is 39.0 Å². The van der Waals surface area contributed by atoms with Crippen molar-refractivity contribution < 1.29 is 4.74 Å². The van der Waals surface area contributed by atoms with Gasteiger partial charge in [0, 0.05) is 12.5 Å². The first kappa shape index (κ1) is 14.9. The summed E-state index contributed by atoms with van der Waals surface area (Å²) in [6, 6.07) is 0.377. The van der Waals surface area contributed by atoms with Gasteiger partial charge in [-0.15, -0.1) is 5.10 Å². The average molecular weight is 283 g/mol. The highest BCUT2D eigenvalue weighted by molar-refractivity contribution is 7.05. The Morgan fingerprint density at radius 2 is 2.32 bits per heavy atom. The van der Waals surface area contributed by atoms with E-state index >= 15 is 0 Å². The monoisotopic (exact) mass is 283 g/mol. The molecule has 0 spiro atoms. The van der Waals surface area contributed by atoms with Crippen LogP contribution in [0.25, 0.3) is 0 Å². The highest BCUT2D eigenvalue weighted by Crippen LogP contribution is 2.32. The van der Waals surface area contributed by atoms with Crippen molar-refractivity contribution in [3.63, 3.8) is 0 Å². The summed E-state index contributed by atoms with van der Waals surface area (Å²) in [4.78, 5) is 1.34. The minimum atomic E-state index is 0.377. The number of nitrogens with one attached hydrogen (secondary N) is 1. The summed E-state index contributed by atoms with van der Waals surface area (Å²) in [6.45, 7) is 7.23. The van der Waals surface area contributed by atoms with Gasteiger partial charge in [-0.1, -0.05) is 24.8 Å². The van der Waals surface area contributed by atoms with Gasteiger partial charge in [-0.05, 0) is 43.8 Å². The fourth-order valence-corrected chi connectivity index (χ4v) is 3.53. The maximum atomic E-state index is 5.66. The Balaban J connectivity index is 2.12. The number of aromatic nitrogens is 2. The van der Waals surface area contributed by atoms with E-state index in [4.69, 9.17) is 4.74 Å². The predicted octanol–water partition coefficient (Wildman–Crippen LogP) is 2.96. The van der Waals surface area contributed by atoms with Crippen molar-refractivity contribution in [2.45, 2.75) is 52.0 Å². The molecule has 2 atom stereocenters. The maximum Gasteiger partial charge on any atom is 0.0803 e. The zero-order chi connectivity index (χ0) is 13.5. The van der Waals surface area contributed by atoms with Crippen LogP contribution in [-0.2, 0) is 11.2 Å². The molecule has 5 heteroatoms. The van der Waals surface area contributed by atoms with Crippen LogP contribution >= 0.6 is 11.5 Å². The first-order valence-electron chi connectivity index (χ1n) is 7.49. The van der Waals surface area contributed by atoms with E-state index in [1.165, 1.54) is 23.4 Å². The van der Waals surface area contributed by atoms with E-state index in [1.54, 1.807) is 11.5 Å². The molecule has 1 aromatic rings. The van der Waals surface area contributed by atoms with Gasteiger partial charge in [-0.25, -0.2) is 0 Å². The highest BCUT2D eigenvalue weighted by Gasteiger charge is 2.28. The molecular weight excluding hydrogens is 258 g/mol. The van der Waals surface area contributed by atoms with Gasteiger partial charge in [0.2, 0.25) is 0 Å². The maximum absolute atomic E-state index is 5.66. The summed E-state index contributed by atoms with van der Waals surface area (Å²) < 4.78 is 9.84. The molecule has 2 rings (SSSR count). The summed E-state index contributed by atoms with van der Waals surface area (Å²) in [5.74, 6) is 0.568. The third-order valence-corrected chi connectivity index (χ3v) is 4.49. The number of ether oxygens (including phenoxy) is 1.